The van der Waals surface area contributed by atoms with E-state index in [-0.39, 0.29) is 5.76 Å². The van der Waals surface area contributed by atoms with E-state index in [2.05, 4.69) is 34.8 Å². The van der Waals surface area contributed by atoms with Crippen LogP contribution in [0.1, 0.15) is 42.6 Å². The number of rotatable bonds is 5. The minimum atomic E-state index is -0.445. The average molecular weight is 372 g/mol. The maximum atomic E-state index is 12.0. The fourth-order valence-electron chi connectivity index (χ4n) is 1.90. The second-order valence-electron chi connectivity index (χ2n) is 5.18. The number of esters is 1. The highest BCUT2D eigenvalue weighted by atomic mass is 79.9. The predicted molar refractivity (Wildman–Crippen MR) is 86.8 cm³/mol. The standard InChI is InChI=1S/C15H18BrNO3S/c1-5-19-15(18)12-10(6-8(2)3)17-14(20-12)11-7-9(4)13(16)21-11/h7-8H,5-6H2,1-4H3. The van der Waals surface area contributed by atoms with Gasteiger partial charge in [-0.05, 0) is 53.7 Å². The van der Waals surface area contributed by atoms with Crippen LogP contribution in [0.4, 0.5) is 0 Å². The summed E-state index contributed by atoms with van der Waals surface area (Å²) >= 11 is 5.03. The van der Waals surface area contributed by atoms with Gasteiger partial charge >= 0.3 is 5.97 Å². The Balaban J connectivity index is 2.41. The third-order valence-electron chi connectivity index (χ3n) is 2.83. The van der Waals surface area contributed by atoms with E-state index in [9.17, 15) is 4.79 Å². The molecule has 0 N–H and O–H groups in total. The Morgan fingerprint density at radius 3 is 2.76 bits per heavy atom. The molecule has 0 aliphatic heterocycles. The van der Waals surface area contributed by atoms with E-state index in [1.807, 2.05) is 13.0 Å². The fraction of sp³-hybridized carbons (Fsp3) is 0.467. The van der Waals surface area contributed by atoms with Crippen molar-refractivity contribution in [1.29, 1.82) is 0 Å². The van der Waals surface area contributed by atoms with Crippen LogP contribution in [-0.2, 0) is 11.2 Å². The van der Waals surface area contributed by atoms with Crippen LogP contribution >= 0.6 is 27.3 Å². The first kappa shape index (κ1) is 16.2. The zero-order valence-corrected chi connectivity index (χ0v) is 14.9. The number of hydrogen-bond donors (Lipinski definition) is 0. The van der Waals surface area contributed by atoms with Crippen LogP contribution < -0.4 is 0 Å². The van der Waals surface area contributed by atoms with Crippen molar-refractivity contribution < 1.29 is 13.9 Å². The van der Waals surface area contributed by atoms with Crippen molar-refractivity contribution >= 4 is 33.2 Å². The van der Waals surface area contributed by atoms with Gasteiger partial charge in [-0.2, -0.15) is 0 Å². The molecule has 4 nitrogen and oxygen atoms in total. The molecule has 6 heteroatoms. The number of aryl methyl sites for hydroxylation is 1. The topological polar surface area (TPSA) is 52.3 Å². The van der Waals surface area contributed by atoms with E-state index in [0.29, 0.717) is 30.5 Å². The number of aromatic nitrogens is 1. The molecule has 0 saturated carbocycles. The van der Waals surface area contributed by atoms with Crippen molar-refractivity contribution in [3.05, 3.63) is 26.9 Å². The van der Waals surface area contributed by atoms with Crippen LogP contribution in [0.3, 0.4) is 0 Å². The van der Waals surface area contributed by atoms with Crippen molar-refractivity contribution in [3.63, 3.8) is 0 Å². The van der Waals surface area contributed by atoms with Crippen LogP contribution in [-0.4, -0.2) is 17.6 Å². The van der Waals surface area contributed by atoms with Crippen molar-refractivity contribution in [2.75, 3.05) is 6.61 Å². The molecule has 0 unspecified atom stereocenters. The molecule has 2 aromatic rings. The SMILES string of the molecule is CCOC(=O)c1oc(-c2cc(C)c(Br)s2)nc1CC(C)C. The van der Waals surface area contributed by atoms with Crippen LogP contribution in [0.15, 0.2) is 14.3 Å². The van der Waals surface area contributed by atoms with Crippen LogP contribution in [0.5, 0.6) is 0 Å². The molecule has 0 atom stereocenters. The van der Waals surface area contributed by atoms with E-state index < -0.39 is 5.97 Å². The van der Waals surface area contributed by atoms with Gasteiger partial charge in [-0.25, -0.2) is 9.78 Å². The summed E-state index contributed by atoms with van der Waals surface area (Å²) in [6.07, 6.45) is 0.684. The first-order valence-electron chi connectivity index (χ1n) is 6.85. The van der Waals surface area contributed by atoms with Gasteiger partial charge in [0, 0.05) is 0 Å². The molecule has 2 heterocycles. The number of thiophene rings is 1. The van der Waals surface area contributed by atoms with E-state index >= 15 is 0 Å². The number of halogens is 1. The minimum absolute atomic E-state index is 0.225. The Morgan fingerprint density at radius 2 is 2.24 bits per heavy atom. The third kappa shape index (κ3) is 3.74. The molecular formula is C15H18BrNO3S. The minimum Gasteiger partial charge on any atom is -0.460 e. The monoisotopic (exact) mass is 371 g/mol. The number of ether oxygens (including phenoxy) is 1. The van der Waals surface area contributed by atoms with Gasteiger partial charge in [-0.1, -0.05) is 13.8 Å². The maximum absolute atomic E-state index is 12.0. The number of nitrogens with zero attached hydrogens (tertiary/aromatic N) is 1. The first-order valence-corrected chi connectivity index (χ1v) is 8.46. The molecule has 21 heavy (non-hydrogen) atoms. The molecule has 0 spiro atoms. The summed E-state index contributed by atoms with van der Waals surface area (Å²) in [4.78, 5) is 17.4. The Morgan fingerprint density at radius 1 is 1.52 bits per heavy atom. The van der Waals surface area contributed by atoms with Crippen molar-refractivity contribution in [3.8, 4) is 10.8 Å². The van der Waals surface area contributed by atoms with E-state index in [4.69, 9.17) is 9.15 Å². The highest BCUT2D eigenvalue weighted by Gasteiger charge is 2.23. The van der Waals surface area contributed by atoms with Crippen LogP contribution in [0.25, 0.3) is 10.8 Å². The lowest BCUT2D eigenvalue weighted by Crippen LogP contribution is -2.08. The van der Waals surface area contributed by atoms with Gasteiger partial charge in [0.2, 0.25) is 11.7 Å². The highest BCUT2D eigenvalue weighted by Crippen LogP contribution is 2.35. The van der Waals surface area contributed by atoms with Crippen molar-refractivity contribution in [2.24, 2.45) is 5.92 Å². The molecular weight excluding hydrogens is 354 g/mol. The molecule has 0 radical (unpaired) electrons. The quantitative estimate of drug-likeness (QED) is 0.704. The molecule has 2 aromatic heterocycles. The summed E-state index contributed by atoms with van der Waals surface area (Å²) in [6.45, 7) is 8.26. The summed E-state index contributed by atoms with van der Waals surface area (Å²) in [7, 11) is 0. The van der Waals surface area contributed by atoms with E-state index in [0.717, 1.165) is 14.2 Å². The van der Waals surface area contributed by atoms with E-state index in [1.54, 1.807) is 18.3 Å². The first-order chi connectivity index (χ1) is 9.92. The molecule has 0 amide bonds. The summed E-state index contributed by atoms with van der Waals surface area (Å²) in [5, 5.41) is 0. The number of hydrogen-bond acceptors (Lipinski definition) is 5. The normalized spacial score (nSPS) is 11.1. The molecule has 0 bridgehead atoms. The Hall–Kier alpha value is -1.14. The summed E-state index contributed by atoms with van der Waals surface area (Å²) in [5.41, 5.74) is 1.79. The molecule has 0 aliphatic carbocycles. The predicted octanol–water partition coefficient (Wildman–Crippen LogP) is 4.85. The molecule has 114 valence electrons. The zero-order valence-electron chi connectivity index (χ0n) is 12.5. The lowest BCUT2D eigenvalue weighted by atomic mass is 10.1. The highest BCUT2D eigenvalue weighted by molar-refractivity contribution is 9.11. The molecule has 0 aromatic carbocycles. The summed E-state index contributed by atoms with van der Waals surface area (Å²) in [5.74, 6) is 0.641. The molecule has 0 saturated heterocycles. The fourth-order valence-corrected chi connectivity index (χ4v) is 3.36. The smallest absolute Gasteiger partial charge is 0.376 e. The number of carbonyl (C=O) groups excluding carboxylic acids is 1. The number of carbonyl (C=O) groups is 1. The number of oxazole rings is 1. The van der Waals surface area contributed by atoms with Gasteiger partial charge in [0.1, 0.15) is 0 Å². The van der Waals surface area contributed by atoms with Gasteiger partial charge < -0.3 is 9.15 Å². The van der Waals surface area contributed by atoms with Gasteiger partial charge in [-0.3, -0.25) is 0 Å². The summed E-state index contributed by atoms with van der Waals surface area (Å²) in [6, 6.07) is 1.99. The lowest BCUT2D eigenvalue weighted by molar-refractivity contribution is 0.0489. The van der Waals surface area contributed by atoms with Crippen molar-refractivity contribution in [1.82, 2.24) is 4.98 Å². The van der Waals surface area contributed by atoms with E-state index in [1.165, 1.54) is 0 Å². The van der Waals surface area contributed by atoms with Crippen molar-refractivity contribution in [2.45, 2.75) is 34.1 Å². The second kappa shape index (κ2) is 6.75. The lowest BCUT2D eigenvalue weighted by Gasteiger charge is -2.02. The average Bonchev–Trinajstić information content (AvgIpc) is 2.94. The molecule has 2 rings (SSSR count). The van der Waals surface area contributed by atoms with Crippen LogP contribution in [0, 0.1) is 12.8 Å². The summed E-state index contributed by atoms with van der Waals surface area (Å²) < 4.78 is 11.8. The maximum Gasteiger partial charge on any atom is 0.376 e. The van der Waals surface area contributed by atoms with Gasteiger partial charge in [0.25, 0.3) is 0 Å². The van der Waals surface area contributed by atoms with Crippen LogP contribution in [0.2, 0.25) is 0 Å². The van der Waals surface area contributed by atoms with Gasteiger partial charge in [-0.15, -0.1) is 11.3 Å². The van der Waals surface area contributed by atoms with Gasteiger partial charge in [0.05, 0.1) is 21.0 Å². The second-order valence-corrected chi connectivity index (χ2v) is 7.55. The molecule has 0 aliphatic rings. The van der Waals surface area contributed by atoms with Gasteiger partial charge in [0.15, 0.2) is 0 Å². The Kier molecular flexibility index (Phi) is 5.22. The zero-order chi connectivity index (χ0) is 15.6. The molecule has 0 fully saturated rings. The Bertz CT molecular complexity index is 626. The third-order valence-corrected chi connectivity index (χ3v) is 4.95. The largest absolute Gasteiger partial charge is 0.460 e. The Labute approximate surface area is 136 Å².